The number of aliphatic carboxylic acids is 1. The van der Waals surface area contributed by atoms with E-state index >= 15 is 0 Å². The Hall–Kier alpha value is -1.88. The van der Waals surface area contributed by atoms with Crippen molar-refractivity contribution in [3.05, 3.63) is 59.1 Å². The Balaban J connectivity index is 1.60. The van der Waals surface area contributed by atoms with E-state index in [4.69, 9.17) is 16.3 Å². The number of piperidine rings is 1. The molecule has 3 rings (SSSR count). The zero-order valence-electron chi connectivity index (χ0n) is 15.6. The molecule has 0 spiro atoms. The summed E-state index contributed by atoms with van der Waals surface area (Å²) in [5.74, 6) is -0.729. The fraction of sp³-hybridized carbons (Fsp3) is 0.409. The van der Waals surface area contributed by atoms with Gasteiger partial charge in [0.1, 0.15) is 6.04 Å². The normalized spacial score (nSPS) is 17.0. The van der Waals surface area contributed by atoms with Gasteiger partial charge in [-0.15, -0.1) is 0 Å². The van der Waals surface area contributed by atoms with E-state index in [9.17, 15) is 9.90 Å². The van der Waals surface area contributed by atoms with Gasteiger partial charge in [-0.1, -0.05) is 54.9 Å². The maximum absolute atomic E-state index is 11.3. The van der Waals surface area contributed by atoms with E-state index < -0.39 is 5.97 Å². The second-order valence-corrected chi connectivity index (χ2v) is 7.41. The summed E-state index contributed by atoms with van der Waals surface area (Å²) in [7, 11) is 0. The molecule has 1 saturated heterocycles. The van der Waals surface area contributed by atoms with Crippen LogP contribution in [-0.2, 0) is 16.1 Å². The van der Waals surface area contributed by atoms with Crippen molar-refractivity contribution in [3.8, 4) is 11.1 Å². The van der Waals surface area contributed by atoms with Crippen LogP contribution in [-0.4, -0.2) is 41.2 Å². The van der Waals surface area contributed by atoms with Crippen molar-refractivity contribution in [1.82, 2.24) is 4.90 Å². The monoisotopic (exact) mass is 387 g/mol. The lowest BCUT2D eigenvalue weighted by Crippen LogP contribution is -2.46. The average molecular weight is 388 g/mol. The third-order valence-corrected chi connectivity index (χ3v) is 5.45. The first-order chi connectivity index (χ1) is 13.1. The number of nitrogens with zero attached hydrogens (tertiary/aromatic N) is 1. The van der Waals surface area contributed by atoms with E-state index in [1.54, 1.807) is 0 Å². The number of hydrogen-bond acceptors (Lipinski definition) is 3. The number of rotatable bonds is 7. The van der Waals surface area contributed by atoms with Crippen LogP contribution in [0.3, 0.4) is 0 Å². The minimum Gasteiger partial charge on any atom is -0.480 e. The van der Waals surface area contributed by atoms with Crippen LogP contribution in [0.4, 0.5) is 0 Å². The molecule has 144 valence electrons. The number of carbonyl (C=O) groups is 1. The molecule has 1 N–H and O–H groups in total. The van der Waals surface area contributed by atoms with E-state index in [0.717, 1.165) is 47.6 Å². The molecule has 0 amide bonds. The molecule has 0 bridgehead atoms. The van der Waals surface area contributed by atoms with E-state index in [2.05, 4.69) is 23.1 Å². The maximum atomic E-state index is 11.3. The summed E-state index contributed by atoms with van der Waals surface area (Å²) in [4.78, 5) is 13.4. The van der Waals surface area contributed by atoms with Crippen molar-refractivity contribution in [2.24, 2.45) is 0 Å². The number of likely N-dealkylation sites (tertiary alicyclic amines) is 1. The Morgan fingerprint density at radius 1 is 1.22 bits per heavy atom. The lowest BCUT2D eigenvalue weighted by atomic mass is 10.00. The highest BCUT2D eigenvalue weighted by molar-refractivity contribution is 6.30. The van der Waals surface area contributed by atoms with Crippen molar-refractivity contribution in [2.75, 3.05) is 13.1 Å². The van der Waals surface area contributed by atoms with Gasteiger partial charge in [0.15, 0.2) is 0 Å². The first-order valence-corrected chi connectivity index (χ1v) is 9.88. The quantitative estimate of drug-likeness (QED) is 0.737. The zero-order valence-corrected chi connectivity index (χ0v) is 16.4. The van der Waals surface area contributed by atoms with Crippen LogP contribution in [0.2, 0.25) is 5.02 Å². The Morgan fingerprint density at radius 3 is 2.63 bits per heavy atom. The van der Waals surface area contributed by atoms with Gasteiger partial charge in [0, 0.05) is 18.1 Å². The Labute approximate surface area is 165 Å². The Morgan fingerprint density at radius 2 is 1.96 bits per heavy atom. The lowest BCUT2D eigenvalue weighted by Gasteiger charge is -2.35. The summed E-state index contributed by atoms with van der Waals surface area (Å²) >= 11 is 6.14. The molecule has 1 aliphatic rings. The number of benzene rings is 2. The molecule has 0 aliphatic carbocycles. The third-order valence-electron chi connectivity index (χ3n) is 5.22. The van der Waals surface area contributed by atoms with E-state index in [1.807, 2.05) is 37.3 Å². The van der Waals surface area contributed by atoms with Crippen molar-refractivity contribution in [1.29, 1.82) is 0 Å². The number of ether oxygens (including phenoxy) is 1. The maximum Gasteiger partial charge on any atom is 0.320 e. The molecule has 0 aromatic heterocycles. The predicted molar refractivity (Wildman–Crippen MR) is 108 cm³/mol. The van der Waals surface area contributed by atoms with Crippen LogP contribution in [0.1, 0.15) is 31.7 Å². The third kappa shape index (κ3) is 5.10. The van der Waals surface area contributed by atoms with Gasteiger partial charge in [-0.3, -0.25) is 9.69 Å². The van der Waals surface area contributed by atoms with Gasteiger partial charge in [0.2, 0.25) is 0 Å². The molecule has 1 heterocycles. The Kier molecular flexibility index (Phi) is 6.89. The molecule has 27 heavy (non-hydrogen) atoms. The van der Waals surface area contributed by atoms with Crippen LogP contribution in [0.25, 0.3) is 11.1 Å². The number of hydrogen-bond donors (Lipinski definition) is 1. The van der Waals surface area contributed by atoms with Gasteiger partial charge in [0.05, 0.1) is 12.7 Å². The fourth-order valence-electron chi connectivity index (χ4n) is 3.73. The van der Waals surface area contributed by atoms with Crippen molar-refractivity contribution >= 4 is 17.6 Å². The first-order valence-electron chi connectivity index (χ1n) is 9.50. The van der Waals surface area contributed by atoms with Gasteiger partial charge in [-0.05, 0) is 48.1 Å². The molecular formula is C22H26ClNO3. The zero-order chi connectivity index (χ0) is 19.2. The summed E-state index contributed by atoms with van der Waals surface area (Å²) in [6.45, 7) is 4.01. The molecule has 5 heteroatoms. The predicted octanol–water partition coefficient (Wildman–Crippen LogP) is 4.85. The highest BCUT2D eigenvalue weighted by Gasteiger charge is 2.28. The molecule has 0 saturated carbocycles. The molecule has 4 nitrogen and oxygen atoms in total. The molecule has 2 aromatic rings. The standard InChI is InChI=1S/C22H26ClNO3/c1-2-21(22(25)26)24-12-10-19(11-13-24)27-15-17-6-3-4-9-20(17)16-7-5-8-18(23)14-16/h3-9,14,19,21H,2,10-13,15H2,1H3,(H,25,26). The second kappa shape index (κ2) is 9.36. The Bertz CT molecular complexity index is 772. The number of carboxylic acid groups (broad SMARTS) is 1. The van der Waals surface area contributed by atoms with Crippen LogP contribution in [0.15, 0.2) is 48.5 Å². The van der Waals surface area contributed by atoms with Crippen LogP contribution >= 0.6 is 11.6 Å². The second-order valence-electron chi connectivity index (χ2n) is 6.98. The number of carboxylic acids is 1. The smallest absolute Gasteiger partial charge is 0.320 e. The minimum atomic E-state index is -0.729. The van der Waals surface area contributed by atoms with Gasteiger partial charge in [-0.2, -0.15) is 0 Å². The highest BCUT2D eigenvalue weighted by Crippen LogP contribution is 2.27. The molecule has 1 aliphatic heterocycles. The molecular weight excluding hydrogens is 362 g/mol. The molecule has 0 radical (unpaired) electrons. The average Bonchev–Trinajstić information content (AvgIpc) is 2.68. The van der Waals surface area contributed by atoms with E-state index in [1.165, 1.54) is 0 Å². The molecule has 1 fully saturated rings. The summed E-state index contributed by atoms with van der Waals surface area (Å²) < 4.78 is 6.18. The van der Waals surface area contributed by atoms with Gasteiger partial charge >= 0.3 is 5.97 Å². The van der Waals surface area contributed by atoms with E-state index in [-0.39, 0.29) is 12.1 Å². The largest absolute Gasteiger partial charge is 0.480 e. The van der Waals surface area contributed by atoms with Gasteiger partial charge < -0.3 is 9.84 Å². The van der Waals surface area contributed by atoms with E-state index in [0.29, 0.717) is 13.0 Å². The highest BCUT2D eigenvalue weighted by atomic mass is 35.5. The number of halogens is 1. The minimum absolute atomic E-state index is 0.167. The molecule has 1 unspecified atom stereocenters. The SMILES string of the molecule is CCC(C(=O)O)N1CCC(OCc2ccccc2-c2cccc(Cl)c2)CC1. The summed E-state index contributed by atoms with van der Waals surface area (Å²) in [5, 5.41) is 10.0. The fourth-order valence-corrected chi connectivity index (χ4v) is 3.92. The lowest BCUT2D eigenvalue weighted by molar-refractivity contribution is -0.144. The topological polar surface area (TPSA) is 49.8 Å². The molecule has 1 atom stereocenters. The van der Waals surface area contributed by atoms with Crippen LogP contribution in [0.5, 0.6) is 0 Å². The molecule has 2 aromatic carbocycles. The summed E-state index contributed by atoms with van der Waals surface area (Å²) in [6.07, 6.45) is 2.53. The van der Waals surface area contributed by atoms with Gasteiger partial charge in [-0.25, -0.2) is 0 Å². The van der Waals surface area contributed by atoms with Crippen molar-refractivity contribution in [2.45, 2.75) is 44.9 Å². The first kappa shape index (κ1) is 19.9. The summed E-state index contributed by atoms with van der Waals surface area (Å²) in [6, 6.07) is 15.7. The van der Waals surface area contributed by atoms with Crippen molar-refractivity contribution < 1.29 is 14.6 Å². The van der Waals surface area contributed by atoms with Crippen LogP contribution in [0, 0.1) is 0 Å². The van der Waals surface area contributed by atoms with Crippen molar-refractivity contribution in [3.63, 3.8) is 0 Å². The summed E-state index contributed by atoms with van der Waals surface area (Å²) in [5.41, 5.74) is 3.36. The van der Waals surface area contributed by atoms with Crippen LogP contribution < -0.4 is 0 Å². The van der Waals surface area contributed by atoms with Gasteiger partial charge in [0.25, 0.3) is 0 Å².